The van der Waals surface area contributed by atoms with Crippen molar-refractivity contribution in [3.8, 4) is 0 Å². The second-order valence-electron chi connectivity index (χ2n) is 13.8. The topological polar surface area (TPSA) is 168 Å². The standard InChI is InChI=1S/C42H72O10/c1-3-5-7-9-11-13-15-17-19-21-23-25-27-29-31-35(39(47)51-41(49)37(45)33-43)36(40(48)52-42(50)38(46)34-44)32-30-28-26-24-22-20-18-16-14-12-10-8-6-4-2/h11,13,17-20,35-38,43-46H,3-10,12,14-16,21-34H2,1-2H3/b13-11-,19-17-,20-18-. The van der Waals surface area contributed by atoms with E-state index < -0.39 is 61.1 Å². The highest BCUT2D eigenvalue weighted by atomic mass is 16.6. The van der Waals surface area contributed by atoms with E-state index in [4.69, 9.17) is 19.7 Å². The van der Waals surface area contributed by atoms with Crippen LogP contribution in [0.25, 0.3) is 0 Å². The number of allylic oxidation sites excluding steroid dienone is 6. The molecule has 10 nitrogen and oxygen atoms in total. The molecule has 4 atom stereocenters. The Hall–Kier alpha value is -2.66. The number of hydrogen-bond acceptors (Lipinski definition) is 10. The fraction of sp³-hybridized carbons (Fsp3) is 0.762. The molecule has 0 spiro atoms. The number of hydrogen-bond donors (Lipinski definition) is 4. The Bertz CT molecular complexity index is 1000. The summed E-state index contributed by atoms with van der Waals surface area (Å²) in [4.78, 5) is 50.9. The zero-order valence-electron chi connectivity index (χ0n) is 32.4. The number of rotatable bonds is 34. The van der Waals surface area contributed by atoms with Crippen LogP contribution in [-0.2, 0) is 28.7 Å². The van der Waals surface area contributed by atoms with Gasteiger partial charge in [0.05, 0.1) is 25.0 Å². The summed E-state index contributed by atoms with van der Waals surface area (Å²) in [5, 5.41) is 37.6. The van der Waals surface area contributed by atoms with Crippen molar-refractivity contribution < 1.29 is 49.1 Å². The van der Waals surface area contributed by atoms with Gasteiger partial charge in [0.1, 0.15) is 0 Å². The molecule has 0 saturated heterocycles. The second-order valence-corrected chi connectivity index (χ2v) is 13.8. The third kappa shape index (κ3) is 27.0. The zero-order chi connectivity index (χ0) is 38.7. The number of carbonyl (C=O) groups excluding carboxylic acids is 4. The Morgan fingerprint density at radius 1 is 0.442 bits per heavy atom. The lowest BCUT2D eigenvalue weighted by Crippen LogP contribution is -2.38. The van der Waals surface area contributed by atoms with Gasteiger partial charge in [0.25, 0.3) is 0 Å². The first kappa shape index (κ1) is 49.3. The first-order chi connectivity index (χ1) is 25.2. The molecule has 0 heterocycles. The molecular weight excluding hydrogens is 664 g/mol. The highest BCUT2D eigenvalue weighted by molar-refractivity contribution is 5.94. The summed E-state index contributed by atoms with van der Waals surface area (Å²) in [7, 11) is 0. The molecule has 0 radical (unpaired) electrons. The molecule has 0 aromatic rings. The number of ether oxygens (including phenoxy) is 2. The number of aliphatic hydroxyl groups excluding tert-OH is 4. The zero-order valence-corrected chi connectivity index (χ0v) is 32.4. The maximum Gasteiger partial charge on any atom is 0.345 e. The highest BCUT2D eigenvalue weighted by Gasteiger charge is 2.38. The van der Waals surface area contributed by atoms with E-state index in [0.717, 1.165) is 70.6 Å². The fourth-order valence-electron chi connectivity index (χ4n) is 5.86. The predicted octanol–water partition coefficient (Wildman–Crippen LogP) is 8.14. The van der Waals surface area contributed by atoms with Crippen LogP contribution in [0.5, 0.6) is 0 Å². The summed E-state index contributed by atoms with van der Waals surface area (Å²) in [5.74, 6) is -7.06. The minimum absolute atomic E-state index is 0.167. The molecule has 0 aliphatic rings. The van der Waals surface area contributed by atoms with Gasteiger partial charge in [-0.2, -0.15) is 0 Å². The van der Waals surface area contributed by atoms with Gasteiger partial charge in [-0.05, 0) is 70.6 Å². The molecule has 0 aromatic heterocycles. The molecule has 0 aromatic carbocycles. The van der Waals surface area contributed by atoms with Crippen molar-refractivity contribution in [3.63, 3.8) is 0 Å². The summed E-state index contributed by atoms with van der Waals surface area (Å²) in [6, 6.07) is 0. The largest absolute Gasteiger partial charge is 0.393 e. The summed E-state index contributed by atoms with van der Waals surface area (Å²) >= 11 is 0. The smallest absolute Gasteiger partial charge is 0.345 e. The van der Waals surface area contributed by atoms with E-state index in [9.17, 15) is 29.4 Å². The van der Waals surface area contributed by atoms with Crippen molar-refractivity contribution in [1.82, 2.24) is 0 Å². The molecule has 0 fully saturated rings. The molecule has 10 heteroatoms. The van der Waals surface area contributed by atoms with E-state index in [1.54, 1.807) is 0 Å². The van der Waals surface area contributed by atoms with E-state index >= 15 is 0 Å². The van der Waals surface area contributed by atoms with Gasteiger partial charge in [-0.25, -0.2) is 9.59 Å². The Kier molecular flexibility index (Phi) is 33.6. The van der Waals surface area contributed by atoms with Crippen molar-refractivity contribution in [2.75, 3.05) is 13.2 Å². The molecule has 300 valence electrons. The van der Waals surface area contributed by atoms with Crippen LogP contribution in [0.2, 0.25) is 0 Å². The maximum absolute atomic E-state index is 13.3. The summed E-state index contributed by atoms with van der Waals surface area (Å²) in [5.41, 5.74) is 0. The molecule has 0 bridgehead atoms. The van der Waals surface area contributed by atoms with Crippen LogP contribution in [0.4, 0.5) is 0 Å². The Morgan fingerprint density at radius 2 is 0.750 bits per heavy atom. The van der Waals surface area contributed by atoms with E-state index in [2.05, 4.69) is 50.3 Å². The van der Waals surface area contributed by atoms with E-state index in [1.807, 2.05) is 0 Å². The minimum Gasteiger partial charge on any atom is -0.393 e. The molecule has 52 heavy (non-hydrogen) atoms. The fourth-order valence-corrected chi connectivity index (χ4v) is 5.86. The molecular formula is C42H72O10. The average Bonchev–Trinajstić information content (AvgIpc) is 3.14. The lowest BCUT2D eigenvalue weighted by molar-refractivity contribution is -0.178. The van der Waals surface area contributed by atoms with E-state index in [0.29, 0.717) is 12.8 Å². The van der Waals surface area contributed by atoms with Crippen molar-refractivity contribution >= 4 is 23.9 Å². The predicted molar refractivity (Wildman–Crippen MR) is 205 cm³/mol. The monoisotopic (exact) mass is 737 g/mol. The van der Waals surface area contributed by atoms with Gasteiger partial charge in [0, 0.05) is 0 Å². The summed E-state index contributed by atoms with van der Waals surface area (Å²) in [6.45, 7) is 2.54. The molecule has 0 rings (SSSR count). The highest BCUT2D eigenvalue weighted by Crippen LogP contribution is 2.28. The van der Waals surface area contributed by atoms with Gasteiger partial charge in [0.15, 0.2) is 12.2 Å². The van der Waals surface area contributed by atoms with Crippen LogP contribution in [0.3, 0.4) is 0 Å². The second kappa shape index (κ2) is 35.4. The molecule has 0 amide bonds. The summed E-state index contributed by atoms with van der Waals surface area (Å²) in [6.07, 6.45) is 32.2. The molecule has 0 saturated carbocycles. The van der Waals surface area contributed by atoms with Gasteiger partial charge in [-0.1, -0.05) is 134 Å². The van der Waals surface area contributed by atoms with Crippen LogP contribution in [0.15, 0.2) is 36.5 Å². The van der Waals surface area contributed by atoms with Crippen molar-refractivity contribution in [3.05, 3.63) is 36.5 Å². The van der Waals surface area contributed by atoms with Crippen LogP contribution in [0.1, 0.15) is 168 Å². The molecule has 0 aliphatic heterocycles. The Morgan fingerprint density at radius 3 is 1.13 bits per heavy atom. The number of unbranched alkanes of at least 4 members (excludes halogenated alkanes) is 17. The van der Waals surface area contributed by atoms with Gasteiger partial charge in [-0.15, -0.1) is 0 Å². The van der Waals surface area contributed by atoms with Crippen LogP contribution in [-0.4, -0.2) is 69.7 Å². The average molecular weight is 737 g/mol. The molecule has 4 N–H and O–H groups in total. The van der Waals surface area contributed by atoms with Gasteiger partial charge in [-0.3, -0.25) is 9.59 Å². The van der Waals surface area contributed by atoms with E-state index in [-0.39, 0.29) is 12.8 Å². The summed E-state index contributed by atoms with van der Waals surface area (Å²) < 4.78 is 9.74. The number of esters is 4. The van der Waals surface area contributed by atoms with Gasteiger partial charge in [0.2, 0.25) is 0 Å². The lowest BCUT2D eigenvalue weighted by atomic mass is 9.83. The Balaban J connectivity index is 5.22. The minimum atomic E-state index is -1.92. The first-order valence-electron chi connectivity index (χ1n) is 20.3. The van der Waals surface area contributed by atoms with Crippen LogP contribution in [0, 0.1) is 11.8 Å². The van der Waals surface area contributed by atoms with Gasteiger partial charge >= 0.3 is 23.9 Å². The molecule has 0 aliphatic carbocycles. The number of aliphatic hydroxyl groups is 4. The van der Waals surface area contributed by atoms with Crippen molar-refractivity contribution in [2.45, 2.75) is 180 Å². The third-order valence-electron chi connectivity index (χ3n) is 9.13. The SMILES string of the molecule is CCCCC/C=C\C/C=C\CCCCCCC(C(=O)OC(=O)C(O)CO)C(CCCCCC/C=C\CCCCCCCC)C(=O)OC(=O)C(O)CO. The normalized spacial score (nSPS) is 14.2. The molecule has 4 unspecified atom stereocenters. The maximum atomic E-state index is 13.3. The van der Waals surface area contributed by atoms with Crippen LogP contribution < -0.4 is 0 Å². The first-order valence-corrected chi connectivity index (χ1v) is 20.3. The van der Waals surface area contributed by atoms with E-state index in [1.165, 1.54) is 57.8 Å². The van der Waals surface area contributed by atoms with Gasteiger partial charge < -0.3 is 29.9 Å². The van der Waals surface area contributed by atoms with Crippen molar-refractivity contribution in [1.29, 1.82) is 0 Å². The Labute approximate surface area is 314 Å². The quantitative estimate of drug-likeness (QED) is 0.0219. The number of carbonyl (C=O) groups is 4. The van der Waals surface area contributed by atoms with Crippen molar-refractivity contribution in [2.24, 2.45) is 11.8 Å². The third-order valence-corrected chi connectivity index (χ3v) is 9.13. The lowest BCUT2D eigenvalue weighted by Gasteiger charge is -2.24. The van der Waals surface area contributed by atoms with Crippen LogP contribution >= 0.6 is 0 Å².